The van der Waals surface area contributed by atoms with E-state index in [1.807, 2.05) is 6.07 Å². The molecule has 5 rings (SSSR count). The lowest BCUT2D eigenvalue weighted by molar-refractivity contribution is -0.0992. The average Bonchev–Trinajstić information content (AvgIpc) is 2.35. The minimum absolute atomic E-state index is 0.0679. The topological polar surface area (TPSA) is 32.5 Å². The maximum atomic E-state index is 13.5. The van der Waals surface area contributed by atoms with E-state index in [9.17, 15) is 4.39 Å². The lowest BCUT2D eigenvalue weighted by atomic mass is 9.63. The van der Waals surface area contributed by atoms with E-state index in [1.54, 1.807) is 12.1 Å². The molecule has 0 aliphatic carbocycles. The standard InChI is InChI=1S/C14H18FN3/c15-12-3-1-2-11(4-12)14-7-17-5-10(13(14)16)6-18(8-14)9-17/h1-4,10,13H,5-9,16H2. The SMILES string of the molecule is NC1C2CN3CN(C2)CC1(c1cccc(F)c1)C3. The van der Waals surface area contributed by atoms with Gasteiger partial charge in [-0.25, -0.2) is 4.39 Å². The van der Waals surface area contributed by atoms with Crippen molar-refractivity contribution in [3.05, 3.63) is 35.6 Å². The fourth-order valence-corrected chi connectivity index (χ4v) is 4.26. The van der Waals surface area contributed by atoms with Crippen LogP contribution in [0.15, 0.2) is 24.3 Å². The second-order valence-electron chi connectivity index (χ2n) is 6.12. The van der Waals surface area contributed by atoms with Crippen molar-refractivity contribution in [3.8, 4) is 0 Å². The molecular formula is C14H18FN3. The molecule has 0 saturated carbocycles. The largest absolute Gasteiger partial charge is 0.326 e. The smallest absolute Gasteiger partial charge is 0.123 e. The Morgan fingerprint density at radius 1 is 1.22 bits per heavy atom. The van der Waals surface area contributed by atoms with Crippen molar-refractivity contribution in [3.63, 3.8) is 0 Å². The molecule has 0 aromatic heterocycles. The Morgan fingerprint density at radius 3 is 2.61 bits per heavy atom. The van der Waals surface area contributed by atoms with E-state index in [0.717, 1.165) is 38.4 Å². The monoisotopic (exact) mass is 247 g/mol. The number of nitrogens with two attached hydrogens (primary N) is 1. The summed E-state index contributed by atoms with van der Waals surface area (Å²) in [6, 6.07) is 7.19. The van der Waals surface area contributed by atoms with Crippen molar-refractivity contribution in [2.45, 2.75) is 11.5 Å². The molecule has 4 aliphatic rings. The van der Waals surface area contributed by atoms with E-state index in [4.69, 9.17) is 5.73 Å². The molecule has 4 saturated heterocycles. The van der Waals surface area contributed by atoms with Crippen LogP contribution in [0.5, 0.6) is 0 Å². The van der Waals surface area contributed by atoms with Gasteiger partial charge in [0.1, 0.15) is 5.82 Å². The van der Waals surface area contributed by atoms with Gasteiger partial charge in [-0.3, -0.25) is 9.80 Å². The number of piperidine rings is 2. The molecular weight excluding hydrogens is 229 g/mol. The van der Waals surface area contributed by atoms with Crippen LogP contribution in [0.4, 0.5) is 4.39 Å². The van der Waals surface area contributed by atoms with Gasteiger partial charge in [0.25, 0.3) is 0 Å². The molecule has 4 bridgehead atoms. The van der Waals surface area contributed by atoms with Crippen LogP contribution >= 0.6 is 0 Å². The molecule has 3 unspecified atom stereocenters. The van der Waals surface area contributed by atoms with E-state index in [2.05, 4.69) is 9.80 Å². The van der Waals surface area contributed by atoms with Crippen LogP contribution in [0.1, 0.15) is 5.56 Å². The average molecular weight is 247 g/mol. The molecule has 4 fully saturated rings. The summed E-state index contributed by atoms with van der Waals surface area (Å²) in [5.41, 5.74) is 7.52. The third-order valence-electron chi connectivity index (χ3n) is 4.94. The molecule has 4 aliphatic heterocycles. The lowest BCUT2D eigenvalue weighted by Gasteiger charge is -2.62. The Hall–Kier alpha value is -0.970. The van der Waals surface area contributed by atoms with Crippen LogP contribution in [0.3, 0.4) is 0 Å². The number of hydrogen-bond donors (Lipinski definition) is 1. The first-order valence-electron chi connectivity index (χ1n) is 6.64. The van der Waals surface area contributed by atoms with Crippen molar-refractivity contribution in [2.24, 2.45) is 11.7 Å². The molecule has 1 aromatic rings. The fraction of sp³-hybridized carbons (Fsp3) is 0.571. The quantitative estimate of drug-likeness (QED) is 0.789. The van der Waals surface area contributed by atoms with Crippen molar-refractivity contribution < 1.29 is 4.39 Å². The summed E-state index contributed by atoms with van der Waals surface area (Å²) in [5, 5.41) is 0. The number of benzene rings is 1. The summed E-state index contributed by atoms with van der Waals surface area (Å²) < 4.78 is 13.5. The second-order valence-corrected chi connectivity index (χ2v) is 6.12. The van der Waals surface area contributed by atoms with E-state index in [0.29, 0.717) is 5.92 Å². The Labute approximate surface area is 106 Å². The van der Waals surface area contributed by atoms with Crippen LogP contribution in [-0.2, 0) is 5.41 Å². The number of hydrogen-bond acceptors (Lipinski definition) is 3. The fourth-order valence-electron chi connectivity index (χ4n) is 4.26. The number of rotatable bonds is 1. The summed E-state index contributed by atoms with van der Waals surface area (Å²) >= 11 is 0. The van der Waals surface area contributed by atoms with Gasteiger partial charge in [0.05, 0.1) is 6.67 Å². The predicted octanol–water partition coefficient (Wildman–Crippen LogP) is 0.609. The van der Waals surface area contributed by atoms with Crippen LogP contribution in [0.25, 0.3) is 0 Å². The molecule has 0 amide bonds. The molecule has 0 radical (unpaired) electrons. The second kappa shape index (κ2) is 3.53. The molecule has 3 atom stereocenters. The van der Waals surface area contributed by atoms with E-state index in [1.165, 1.54) is 6.07 Å². The summed E-state index contributed by atoms with van der Waals surface area (Å²) in [4.78, 5) is 4.93. The molecule has 1 aromatic carbocycles. The molecule has 0 spiro atoms. The van der Waals surface area contributed by atoms with Crippen LogP contribution in [-0.4, -0.2) is 48.7 Å². The molecule has 4 heteroatoms. The Balaban J connectivity index is 1.82. The first-order valence-corrected chi connectivity index (χ1v) is 6.64. The molecule has 4 heterocycles. The maximum absolute atomic E-state index is 13.5. The van der Waals surface area contributed by atoms with Gasteiger partial charge >= 0.3 is 0 Å². The third kappa shape index (κ3) is 1.34. The summed E-state index contributed by atoms with van der Waals surface area (Å²) in [7, 11) is 0. The molecule has 2 N–H and O–H groups in total. The van der Waals surface area contributed by atoms with E-state index >= 15 is 0 Å². The number of nitrogens with zero attached hydrogens (tertiary/aromatic N) is 2. The van der Waals surface area contributed by atoms with Gasteiger partial charge in [0.15, 0.2) is 0 Å². The zero-order valence-corrected chi connectivity index (χ0v) is 10.3. The maximum Gasteiger partial charge on any atom is 0.123 e. The van der Waals surface area contributed by atoms with Gasteiger partial charge in [-0.1, -0.05) is 12.1 Å². The molecule has 18 heavy (non-hydrogen) atoms. The van der Waals surface area contributed by atoms with Gasteiger partial charge < -0.3 is 5.73 Å². The van der Waals surface area contributed by atoms with Crippen molar-refractivity contribution in [2.75, 3.05) is 32.8 Å². The van der Waals surface area contributed by atoms with Gasteiger partial charge in [-0.2, -0.15) is 0 Å². The van der Waals surface area contributed by atoms with Gasteiger partial charge in [-0.15, -0.1) is 0 Å². The van der Waals surface area contributed by atoms with Crippen molar-refractivity contribution in [1.29, 1.82) is 0 Å². The van der Waals surface area contributed by atoms with Crippen molar-refractivity contribution >= 4 is 0 Å². The number of halogens is 1. The van der Waals surface area contributed by atoms with Gasteiger partial charge in [0.2, 0.25) is 0 Å². The Kier molecular flexibility index (Phi) is 2.14. The van der Waals surface area contributed by atoms with E-state index in [-0.39, 0.29) is 17.3 Å². The van der Waals surface area contributed by atoms with Gasteiger partial charge in [-0.05, 0) is 17.7 Å². The first kappa shape index (κ1) is 10.9. The highest BCUT2D eigenvalue weighted by molar-refractivity contribution is 5.33. The predicted molar refractivity (Wildman–Crippen MR) is 67.6 cm³/mol. The lowest BCUT2D eigenvalue weighted by Crippen LogP contribution is -2.77. The highest BCUT2D eigenvalue weighted by Crippen LogP contribution is 2.43. The van der Waals surface area contributed by atoms with E-state index < -0.39 is 0 Å². The zero-order valence-electron chi connectivity index (χ0n) is 10.3. The van der Waals surface area contributed by atoms with Crippen LogP contribution in [0.2, 0.25) is 0 Å². The summed E-state index contributed by atoms with van der Waals surface area (Å²) in [6.45, 7) is 5.22. The minimum Gasteiger partial charge on any atom is -0.326 e. The van der Waals surface area contributed by atoms with Crippen LogP contribution < -0.4 is 5.73 Å². The normalized spacial score (nSPS) is 45.4. The zero-order chi connectivity index (χ0) is 12.3. The Morgan fingerprint density at radius 2 is 1.94 bits per heavy atom. The highest BCUT2D eigenvalue weighted by Gasteiger charge is 2.55. The minimum atomic E-state index is -0.152. The summed E-state index contributed by atoms with van der Waals surface area (Å²) in [5.74, 6) is 0.380. The highest BCUT2D eigenvalue weighted by atomic mass is 19.1. The Bertz CT molecular complexity index is 476. The molecule has 3 nitrogen and oxygen atoms in total. The summed E-state index contributed by atoms with van der Waals surface area (Å²) in [6.07, 6.45) is 0. The molecule has 96 valence electrons. The third-order valence-corrected chi connectivity index (χ3v) is 4.94. The first-order chi connectivity index (χ1) is 8.67. The van der Waals surface area contributed by atoms with Gasteiger partial charge in [0, 0.05) is 43.6 Å². The van der Waals surface area contributed by atoms with Crippen LogP contribution in [0, 0.1) is 11.7 Å². The van der Waals surface area contributed by atoms with Crippen molar-refractivity contribution in [1.82, 2.24) is 9.80 Å².